The molecule has 9 heavy (non-hydrogen) atoms. The fourth-order valence-corrected chi connectivity index (χ4v) is 0.574. The van der Waals surface area contributed by atoms with Crippen molar-refractivity contribution in [3.05, 3.63) is 0 Å². The smallest absolute Gasteiger partial charge is 0.0400 e. The Balaban J connectivity index is 3.06. The van der Waals surface area contributed by atoms with E-state index >= 15 is 0 Å². The molecule has 1 atom stereocenters. The van der Waals surface area contributed by atoms with Crippen LogP contribution in [0, 0.1) is 0 Å². The van der Waals surface area contributed by atoms with E-state index in [9.17, 15) is 0 Å². The molecule has 0 spiro atoms. The second-order valence-corrected chi connectivity index (χ2v) is 2.12. The number of hydrogen-bond donors (Lipinski definition) is 1. The molecule has 0 rings (SSSR count). The van der Waals surface area contributed by atoms with Crippen LogP contribution < -0.4 is 5.73 Å². The summed E-state index contributed by atoms with van der Waals surface area (Å²) in [6, 6.07) is 0.341. The van der Waals surface area contributed by atoms with Gasteiger partial charge in [-0.15, -0.1) is 0 Å². The minimum atomic E-state index is 0.341. The molecular weight excluding hydrogens is 112 g/mol. The summed E-state index contributed by atoms with van der Waals surface area (Å²) < 4.78 is 0. The summed E-state index contributed by atoms with van der Waals surface area (Å²) in [4.78, 5) is 4.05. The lowest BCUT2D eigenvalue weighted by atomic mass is 10.2. The zero-order valence-electron chi connectivity index (χ0n) is 6.30. The molecule has 0 bridgehead atoms. The van der Waals surface area contributed by atoms with Crippen molar-refractivity contribution in [1.82, 2.24) is 0 Å². The SMILES string of the molecule is CC=NCCC(N)CC. The molecule has 54 valence electrons. The van der Waals surface area contributed by atoms with Crippen LogP contribution in [0.4, 0.5) is 0 Å². The van der Waals surface area contributed by atoms with Gasteiger partial charge in [-0.05, 0) is 26.0 Å². The molecule has 0 aliphatic heterocycles. The minimum absolute atomic E-state index is 0.341. The first-order valence-corrected chi connectivity index (χ1v) is 3.51. The van der Waals surface area contributed by atoms with Gasteiger partial charge in [-0.3, -0.25) is 4.99 Å². The third-order valence-electron chi connectivity index (χ3n) is 1.34. The molecule has 0 aliphatic carbocycles. The fraction of sp³-hybridized carbons (Fsp3) is 0.857. The average molecular weight is 128 g/mol. The molecule has 2 N–H and O–H groups in total. The number of nitrogens with two attached hydrogens (primary N) is 1. The highest BCUT2D eigenvalue weighted by Crippen LogP contribution is 1.92. The van der Waals surface area contributed by atoms with Crippen LogP contribution in [0.1, 0.15) is 26.7 Å². The van der Waals surface area contributed by atoms with Gasteiger partial charge in [0, 0.05) is 12.6 Å². The van der Waals surface area contributed by atoms with Crippen LogP contribution in [-0.4, -0.2) is 18.8 Å². The molecule has 2 nitrogen and oxygen atoms in total. The van der Waals surface area contributed by atoms with E-state index in [2.05, 4.69) is 11.9 Å². The zero-order chi connectivity index (χ0) is 7.11. The van der Waals surface area contributed by atoms with Gasteiger partial charge in [0.25, 0.3) is 0 Å². The minimum Gasteiger partial charge on any atom is -0.328 e. The number of hydrogen-bond acceptors (Lipinski definition) is 2. The Kier molecular flexibility index (Phi) is 5.52. The molecule has 0 heterocycles. The van der Waals surface area contributed by atoms with E-state index < -0.39 is 0 Å². The number of aliphatic imine (C=N–C) groups is 1. The van der Waals surface area contributed by atoms with Crippen LogP contribution in [0.3, 0.4) is 0 Å². The maximum Gasteiger partial charge on any atom is 0.0400 e. The maximum absolute atomic E-state index is 5.64. The normalized spacial score (nSPS) is 14.6. The highest BCUT2D eigenvalue weighted by atomic mass is 14.7. The molecule has 0 aromatic carbocycles. The Morgan fingerprint density at radius 2 is 2.33 bits per heavy atom. The quantitative estimate of drug-likeness (QED) is 0.568. The van der Waals surface area contributed by atoms with Crippen molar-refractivity contribution in [3.8, 4) is 0 Å². The molecular formula is C7H16N2. The third-order valence-corrected chi connectivity index (χ3v) is 1.34. The first-order chi connectivity index (χ1) is 4.31. The first kappa shape index (κ1) is 8.63. The summed E-state index contributed by atoms with van der Waals surface area (Å²) in [5.74, 6) is 0. The lowest BCUT2D eigenvalue weighted by Gasteiger charge is -2.03. The van der Waals surface area contributed by atoms with Gasteiger partial charge in [0.15, 0.2) is 0 Å². The van der Waals surface area contributed by atoms with Crippen LogP contribution in [0.5, 0.6) is 0 Å². The van der Waals surface area contributed by atoms with Crippen molar-refractivity contribution in [3.63, 3.8) is 0 Å². The van der Waals surface area contributed by atoms with E-state index in [1.807, 2.05) is 13.1 Å². The van der Waals surface area contributed by atoms with Crippen molar-refractivity contribution in [1.29, 1.82) is 0 Å². The third kappa shape index (κ3) is 5.50. The van der Waals surface area contributed by atoms with Crippen molar-refractivity contribution >= 4 is 6.21 Å². The van der Waals surface area contributed by atoms with Crippen LogP contribution in [0.25, 0.3) is 0 Å². The molecule has 0 aromatic heterocycles. The highest BCUT2D eigenvalue weighted by molar-refractivity contribution is 5.53. The summed E-state index contributed by atoms with van der Waals surface area (Å²) in [6.45, 7) is 4.91. The van der Waals surface area contributed by atoms with E-state index in [0.29, 0.717) is 6.04 Å². The van der Waals surface area contributed by atoms with Gasteiger partial charge < -0.3 is 5.73 Å². The Bertz CT molecular complexity index is 79.0. The topological polar surface area (TPSA) is 38.4 Å². The summed E-state index contributed by atoms with van der Waals surface area (Å²) in [6.07, 6.45) is 3.89. The van der Waals surface area contributed by atoms with E-state index in [4.69, 9.17) is 5.73 Å². The second-order valence-electron chi connectivity index (χ2n) is 2.12. The molecule has 0 amide bonds. The molecule has 0 saturated carbocycles. The lowest BCUT2D eigenvalue weighted by molar-refractivity contribution is 0.605. The van der Waals surface area contributed by atoms with Crippen LogP contribution in [-0.2, 0) is 0 Å². The Morgan fingerprint density at radius 3 is 2.78 bits per heavy atom. The predicted octanol–water partition coefficient (Wildman–Crippen LogP) is 1.20. The van der Waals surface area contributed by atoms with Crippen molar-refractivity contribution in [2.24, 2.45) is 10.7 Å². The molecule has 0 saturated heterocycles. The number of rotatable bonds is 4. The standard InChI is InChI=1S/C7H16N2/c1-3-7(8)5-6-9-4-2/h4,7H,3,5-6,8H2,1-2H3. The van der Waals surface area contributed by atoms with Gasteiger partial charge in [-0.2, -0.15) is 0 Å². The van der Waals surface area contributed by atoms with Gasteiger partial charge in [-0.1, -0.05) is 6.92 Å². The summed E-state index contributed by atoms with van der Waals surface area (Å²) in [5, 5.41) is 0. The van der Waals surface area contributed by atoms with Crippen molar-refractivity contribution < 1.29 is 0 Å². The van der Waals surface area contributed by atoms with Crippen LogP contribution >= 0.6 is 0 Å². The second kappa shape index (κ2) is 5.76. The van der Waals surface area contributed by atoms with E-state index in [1.165, 1.54) is 0 Å². The monoisotopic (exact) mass is 128 g/mol. The van der Waals surface area contributed by atoms with E-state index in [-0.39, 0.29) is 0 Å². The molecule has 2 heteroatoms. The molecule has 0 radical (unpaired) electrons. The molecule has 0 aliphatic rings. The fourth-order valence-electron chi connectivity index (χ4n) is 0.574. The maximum atomic E-state index is 5.64. The lowest BCUT2D eigenvalue weighted by Crippen LogP contribution is -2.19. The highest BCUT2D eigenvalue weighted by Gasteiger charge is 1.94. The van der Waals surface area contributed by atoms with E-state index in [0.717, 1.165) is 19.4 Å². The zero-order valence-corrected chi connectivity index (χ0v) is 6.30. The summed E-state index contributed by atoms with van der Waals surface area (Å²) >= 11 is 0. The molecule has 0 fully saturated rings. The predicted molar refractivity (Wildman–Crippen MR) is 41.9 cm³/mol. The van der Waals surface area contributed by atoms with Gasteiger partial charge in [-0.25, -0.2) is 0 Å². The van der Waals surface area contributed by atoms with E-state index in [1.54, 1.807) is 0 Å². The summed E-state index contributed by atoms with van der Waals surface area (Å²) in [5.41, 5.74) is 5.64. The Labute approximate surface area is 57.2 Å². The summed E-state index contributed by atoms with van der Waals surface area (Å²) in [7, 11) is 0. The van der Waals surface area contributed by atoms with Gasteiger partial charge in [0.1, 0.15) is 0 Å². The van der Waals surface area contributed by atoms with Crippen molar-refractivity contribution in [2.75, 3.05) is 6.54 Å². The van der Waals surface area contributed by atoms with Crippen LogP contribution in [0.2, 0.25) is 0 Å². The Hall–Kier alpha value is -0.370. The molecule has 0 aromatic rings. The Morgan fingerprint density at radius 1 is 1.67 bits per heavy atom. The van der Waals surface area contributed by atoms with Crippen molar-refractivity contribution in [2.45, 2.75) is 32.7 Å². The first-order valence-electron chi connectivity index (χ1n) is 3.51. The number of nitrogens with zero attached hydrogens (tertiary/aromatic N) is 1. The largest absolute Gasteiger partial charge is 0.328 e. The van der Waals surface area contributed by atoms with Gasteiger partial charge in [0.05, 0.1) is 0 Å². The van der Waals surface area contributed by atoms with Gasteiger partial charge in [0.2, 0.25) is 0 Å². The molecule has 1 unspecified atom stereocenters. The van der Waals surface area contributed by atoms with Gasteiger partial charge >= 0.3 is 0 Å². The average Bonchev–Trinajstić information content (AvgIpc) is 1.89. The van der Waals surface area contributed by atoms with Crippen LogP contribution in [0.15, 0.2) is 4.99 Å².